The van der Waals surface area contributed by atoms with Gasteiger partial charge in [0, 0.05) is 11.8 Å². The molecule has 7 nitrogen and oxygen atoms in total. The Kier molecular flexibility index (Phi) is 5.15. The Morgan fingerprint density at radius 3 is 2.48 bits per heavy atom. The minimum absolute atomic E-state index is 0.0373. The normalized spacial score (nSPS) is 11.2. The lowest BCUT2D eigenvalue weighted by Gasteiger charge is -2.22. The van der Waals surface area contributed by atoms with Crippen molar-refractivity contribution in [3.05, 3.63) is 41.2 Å². The molecule has 0 bridgehead atoms. The van der Waals surface area contributed by atoms with Crippen LogP contribution in [-0.4, -0.2) is 33.9 Å². The molecule has 0 aliphatic rings. The van der Waals surface area contributed by atoms with Gasteiger partial charge in [-0.15, -0.1) is 0 Å². The number of aromatic carboxylic acids is 1. The molecule has 7 heteroatoms. The summed E-state index contributed by atoms with van der Waals surface area (Å²) < 4.78 is 6.92. The Bertz CT molecular complexity index is 803. The van der Waals surface area contributed by atoms with Crippen LogP contribution in [0.2, 0.25) is 0 Å². The predicted molar refractivity (Wildman–Crippen MR) is 94.5 cm³/mol. The predicted octanol–water partition coefficient (Wildman–Crippen LogP) is 3.16. The second-order valence-electron chi connectivity index (χ2n) is 6.62. The number of benzene rings is 1. The summed E-state index contributed by atoms with van der Waals surface area (Å²) >= 11 is 0. The van der Waals surface area contributed by atoms with E-state index in [4.69, 9.17) is 9.84 Å². The van der Waals surface area contributed by atoms with Crippen molar-refractivity contribution in [3.63, 3.8) is 0 Å². The molecule has 25 heavy (non-hydrogen) atoms. The molecule has 1 heterocycles. The molecule has 0 aliphatic heterocycles. The summed E-state index contributed by atoms with van der Waals surface area (Å²) in [7, 11) is 1.38. The monoisotopic (exact) mass is 345 g/mol. The first kappa shape index (κ1) is 18.5. The number of carboxylic acid groups (broad SMARTS) is 1. The molecule has 0 spiro atoms. The SMILES string of the molecule is CCc1c(C(=O)Nc2ccc(C(=O)O)c(OC)c2)cnn1C(C)(C)C. The van der Waals surface area contributed by atoms with Crippen LogP contribution in [-0.2, 0) is 12.0 Å². The molecule has 2 aromatic rings. The van der Waals surface area contributed by atoms with Crippen LogP contribution in [0.1, 0.15) is 54.1 Å². The first-order chi connectivity index (χ1) is 11.7. The van der Waals surface area contributed by atoms with Gasteiger partial charge in [0.15, 0.2) is 0 Å². The second kappa shape index (κ2) is 6.96. The third-order valence-corrected chi connectivity index (χ3v) is 3.77. The summed E-state index contributed by atoms with van der Waals surface area (Å²) in [6.45, 7) is 8.05. The molecule has 1 aromatic carbocycles. The molecule has 0 radical (unpaired) electrons. The average molecular weight is 345 g/mol. The van der Waals surface area contributed by atoms with Crippen LogP contribution in [0.15, 0.2) is 24.4 Å². The highest BCUT2D eigenvalue weighted by molar-refractivity contribution is 6.05. The Balaban J connectivity index is 2.32. The lowest BCUT2D eigenvalue weighted by Crippen LogP contribution is -2.26. The van der Waals surface area contributed by atoms with Gasteiger partial charge in [-0.25, -0.2) is 4.79 Å². The van der Waals surface area contributed by atoms with Crippen molar-refractivity contribution in [3.8, 4) is 5.75 Å². The summed E-state index contributed by atoms with van der Waals surface area (Å²) in [6.07, 6.45) is 2.23. The summed E-state index contributed by atoms with van der Waals surface area (Å²) in [5.41, 5.74) is 1.61. The largest absolute Gasteiger partial charge is 0.496 e. The van der Waals surface area contributed by atoms with E-state index in [1.165, 1.54) is 25.3 Å². The van der Waals surface area contributed by atoms with Crippen LogP contribution >= 0.6 is 0 Å². The Morgan fingerprint density at radius 2 is 1.96 bits per heavy atom. The number of carboxylic acids is 1. The van der Waals surface area contributed by atoms with Crippen molar-refractivity contribution in [2.24, 2.45) is 0 Å². The van der Waals surface area contributed by atoms with Gasteiger partial charge in [0.25, 0.3) is 5.91 Å². The third kappa shape index (κ3) is 3.81. The van der Waals surface area contributed by atoms with E-state index in [9.17, 15) is 9.59 Å². The molecule has 2 rings (SSSR count). The summed E-state index contributed by atoms with van der Waals surface area (Å²) in [4.78, 5) is 23.8. The number of carbonyl (C=O) groups excluding carboxylic acids is 1. The minimum atomic E-state index is -1.09. The zero-order chi connectivity index (χ0) is 18.8. The molecule has 0 atom stereocenters. The lowest BCUT2D eigenvalue weighted by molar-refractivity contribution is 0.0693. The molecule has 0 unspecified atom stereocenters. The number of carbonyl (C=O) groups is 2. The smallest absolute Gasteiger partial charge is 0.339 e. The molecule has 1 amide bonds. The Morgan fingerprint density at radius 1 is 1.28 bits per heavy atom. The summed E-state index contributed by atoms with van der Waals surface area (Å²) in [6, 6.07) is 4.42. The highest BCUT2D eigenvalue weighted by atomic mass is 16.5. The fourth-order valence-electron chi connectivity index (χ4n) is 2.63. The number of amides is 1. The molecule has 2 N–H and O–H groups in total. The second-order valence-corrected chi connectivity index (χ2v) is 6.62. The van der Waals surface area contributed by atoms with Crippen molar-refractivity contribution in [1.29, 1.82) is 0 Å². The maximum absolute atomic E-state index is 12.6. The number of nitrogens with one attached hydrogen (secondary N) is 1. The molecular formula is C18H23N3O4. The van der Waals surface area contributed by atoms with E-state index in [-0.39, 0.29) is 22.8 Å². The van der Waals surface area contributed by atoms with Crippen LogP contribution in [0.5, 0.6) is 5.75 Å². The van der Waals surface area contributed by atoms with E-state index >= 15 is 0 Å². The zero-order valence-corrected chi connectivity index (χ0v) is 15.1. The van der Waals surface area contributed by atoms with Gasteiger partial charge in [0.2, 0.25) is 0 Å². The Labute approximate surface area is 146 Å². The highest BCUT2D eigenvalue weighted by Gasteiger charge is 2.23. The molecule has 0 saturated heterocycles. The fraction of sp³-hybridized carbons (Fsp3) is 0.389. The number of nitrogens with zero attached hydrogens (tertiary/aromatic N) is 2. The van der Waals surface area contributed by atoms with E-state index in [0.29, 0.717) is 17.7 Å². The number of methoxy groups -OCH3 is 1. The minimum Gasteiger partial charge on any atom is -0.496 e. The lowest BCUT2D eigenvalue weighted by atomic mass is 10.1. The third-order valence-electron chi connectivity index (χ3n) is 3.77. The van der Waals surface area contributed by atoms with Crippen LogP contribution in [0.25, 0.3) is 0 Å². The summed E-state index contributed by atoms with van der Waals surface area (Å²) in [5.74, 6) is -1.20. The van der Waals surface area contributed by atoms with Gasteiger partial charge >= 0.3 is 5.97 Å². The number of rotatable bonds is 5. The Hall–Kier alpha value is -2.83. The van der Waals surface area contributed by atoms with E-state index in [1.54, 1.807) is 6.20 Å². The number of hydrogen-bond acceptors (Lipinski definition) is 4. The fourth-order valence-corrected chi connectivity index (χ4v) is 2.63. The van der Waals surface area contributed by atoms with Crippen molar-refractivity contribution in [2.45, 2.75) is 39.7 Å². The molecule has 0 aliphatic carbocycles. The van der Waals surface area contributed by atoms with Gasteiger partial charge in [0.1, 0.15) is 11.3 Å². The van der Waals surface area contributed by atoms with Gasteiger partial charge in [-0.05, 0) is 39.3 Å². The number of hydrogen-bond donors (Lipinski definition) is 2. The van der Waals surface area contributed by atoms with E-state index in [1.807, 2.05) is 32.4 Å². The van der Waals surface area contributed by atoms with Gasteiger partial charge in [-0.1, -0.05) is 6.92 Å². The van der Waals surface area contributed by atoms with Crippen LogP contribution < -0.4 is 10.1 Å². The molecule has 0 fully saturated rings. The highest BCUT2D eigenvalue weighted by Crippen LogP contribution is 2.25. The molecular weight excluding hydrogens is 322 g/mol. The number of aromatic nitrogens is 2. The first-order valence-corrected chi connectivity index (χ1v) is 7.99. The zero-order valence-electron chi connectivity index (χ0n) is 15.1. The topological polar surface area (TPSA) is 93.5 Å². The first-order valence-electron chi connectivity index (χ1n) is 7.99. The number of ether oxygens (including phenoxy) is 1. The van der Waals surface area contributed by atoms with Crippen LogP contribution in [0.4, 0.5) is 5.69 Å². The quantitative estimate of drug-likeness (QED) is 0.868. The van der Waals surface area contributed by atoms with Crippen molar-refractivity contribution in [2.75, 3.05) is 12.4 Å². The molecule has 0 saturated carbocycles. The van der Waals surface area contributed by atoms with Crippen LogP contribution in [0, 0.1) is 0 Å². The standard InChI is InChI=1S/C18H23N3O4/c1-6-14-13(10-19-21(14)18(2,3)4)16(22)20-11-7-8-12(17(23)24)15(9-11)25-5/h7-10H,6H2,1-5H3,(H,20,22)(H,23,24). The molecule has 1 aromatic heterocycles. The van der Waals surface area contributed by atoms with E-state index in [2.05, 4.69) is 10.4 Å². The van der Waals surface area contributed by atoms with Crippen molar-refractivity contribution >= 4 is 17.6 Å². The van der Waals surface area contributed by atoms with E-state index in [0.717, 1.165) is 5.69 Å². The van der Waals surface area contributed by atoms with Crippen LogP contribution in [0.3, 0.4) is 0 Å². The number of anilines is 1. The average Bonchev–Trinajstić information content (AvgIpc) is 2.98. The van der Waals surface area contributed by atoms with Gasteiger partial charge in [0.05, 0.1) is 30.1 Å². The maximum Gasteiger partial charge on any atom is 0.339 e. The van der Waals surface area contributed by atoms with Gasteiger partial charge in [-0.2, -0.15) is 5.10 Å². The molecule has 134 valence electrons. The van der Waals surface area contributed by atoms with E-state index < -0.39 is 5.97 Å². The van der Waals surface area contributed by atoms with Crippen molar-refractivity contribution < 1.29 is 19.4 Å². The maximum atomic E-state index is 12.6. The van der Waals surface area contributed by atoms with Crippen molar-refractivity contribution in [1.82, 2.24) is 9.78 Å². The van der Waals surface area contributed by atoms with Gasteiger partial charge in [-0.3, -0.25) is 9.48 Å². The summed E-state index contributed by atoms with van der Waals surface area (Å²) in [5, 5.41) is 16.2. The van der Waals surface area contributed by atoms with Gasteiger partial charge < -0.3 is 15.2 Å².